The van der Waals surface area contributed by atoms with Crippen molar-refractivity contribution in [1.82, 2.24) is 10.6 Å². The highest BCUT2D eigenvalue weighted by Crippen LogP contribution is 1.96. The van der Waals surface area contributed by atoms with Crippen LogP contribution in [0.1, 0.15) is 27.2 Å². The van der Waals surface area contributed by atoms with Gasteiger partial charge in [0.05, 0.1) is 13.2 Å². The fourth-order valence-corrected chi connectivity index (χ4v) is 0.856. The molecule has 0 aromatic rings. The fourth-order valence-electron chi connectivity index (χ4n) is 0.856. The Kier molecular flexibility index (Phi) is 5.62. The lowest BCUT2D eigenvalue weighted by molar-refractivity contribution is -0.121. The van der Waals surface area contributed by atoms with Crippen LogP contribution >= 0.6 is 0 Å². The van der Waals surface area contributed by atoms with Crippen LogP contribution in [-0.2, 0) is 4.79 Å². The molecule has 0 fully saturated rings. The molecule has 1 amide bonds. The van der Waals surface area contributed by atoms with Gasteiger partial charge in [-0.15, -0.1) is 0 Å². The molecule has 0 atom stereocenters. The Morgan fingerprint density at radius 3 is 2.46 bits per heavy atom. The molecule has 0 aromatic heterocycles. The van der Waals surface area contributed by atoms with Gasteiger partial charge in [-0.3, -0.25) is 9.18 Å². The number of carbonyl (C=O) groups excluding carboxylic acids is 1. The lowest BCUT2D eigenvalue weighted by Crippen LogP contribution is -2.45. The Balaban J connectivity index is 3.41. The average Bonchev–Trinajstić information content (AvgIpc) is 1.94. The molecular weight excluding hydrogens is 171 g/mol. The smallest absolute Gasteiger partial charge is 0.234 e. The standard InChI is InChI=1S/C9H19FN2O/c1-9(2,3)12-8(13)7-11-6-4-5-10/h11H,4-7H2,1-3H3,(H,12,13). The minimum absolute atomic E-state index is 0.0497. The molecule has 2 N–H and O–H groups in total. The maximum Gasteiger partial charge on any atom is 0.234 e. The summed E-state index contributed by atoms with van der Waals surface area (Å²) < 4.78 is 11.6. The number of amides is 1. The summed E-state index contributed by atoms with van der Waals surface area (Å²) in [7, 11) is 0. The van der Waals surface area contributed by atoms with E-state index < -0.39 is 0 Å². The summed E-state index contributed by atoms with van der Waals surface area (Å²) in [6.07, 6.45) is 0.461. The van der Waals surface area contributed by atoms with E-state index in [-0.39, 0.29) is 24.7 Å². The third-order valence-corrected chi connectivity index (χ3v) is 1.29. The molecule has 0 aromatic carbocycles. The Bertz CT molecular complexity index is 154. The van der Waals surface area contributed by atoms with E-state index in [4.69, 9.17) is 0 Å². The first kappa shape index (κ1) is 12.4. The van der Waals surface area contributed by atoms with Gasteiger partial charge in [-0.1, -0.05) is 0 Å². The molecule has 0 aliphatic heterocycles. The van der Waals surface area contributed by atoms with E-state index in [0.29, 0.717) is 13.0 Å². The van der Waals surface area contributed by atoms with Crippen molar-refractivity contribution in [3.63, 3.8) is 0 Å². The van der Waals surface area contributed by atoms with Gasteiger partial charge in [-0.05, 0) is 33.7 Å². The van der Waals surface area contributed by atoms with Gasteiger partial charge in [0.25, 0.3) is 0 Å². The molecule has 4 heteroatoms. The van der Waals surface area contributed by atoms with Gasteiger partial charge in [0, 0.05) is 5.54 Å². The second kappa shape index (κ2) is 5.91. The zero-order valence-corrected chi connectivity index (χ0v) is 8.61. The van der Waals surface area contributed by atoms with E-state index in [9.17, 15) is 9.18 Å². The number of hydrogen-bond acceptors (Lipinski definition) is 2. The zero-order valence-electron chi connectivity index (χ0n) is 8.61. The van der Waals surface area contributed by atoms with E-state index in [2.05, 4.69) is 10.6 Å². The van der Waals surface area contributed by atoms with E-state index in [1.54, 1.807) is 0 Å². The topological polar surface area (TPSA) is 41.1 Å². The number of hydrogen-bond donors (Lipinski definition) is 2. The largest absolute Gasteiger partial charge is 0.350 e. The third-order valence-electron chi connectivity index (χ3n) is 1.29. The molecule has 0 saturated carbocycles. The zero-order chi connectivity index (χ0) is 10.3. The Morgan fingerprint density at radius 2 is 2.00 bits per heavy atom. The fraction of sp³-hybridized carbons (Fsp3) is 0.889. The summed E-state index contributed by atoms with van der Waals surface area (Å²) in [6.45, 7) is 6.24. The van der Waals surface area contributed by atoms with Gasteiger partial charge in [0.1, 0.15) is 0 Å². The number of halogens is 1. The molecule has 0 bridgehead atoms. The van der Waals surface area contributed by atoms with Crippen LogP contribution in [0.2, 0.25) is 0 Å². The maximum atomic E-state index is 11.6. The highest BCUT2D eigenvalue weighted by molar-refractivity contribution is 5.78. The van der Waals surface area contributed by atoms with Crippen molar-refractivity contribution in [1.29, 1.82) is 0 Å². The van der Waals surface area contributed by atoms with Crippen LogP contribution in [0.15, 0.2) is 0 Å². The summed E-state index contributed by atoms with van der Waals surface area (Å²) in [5.41, 5.74) is -0.196. The van der Waals surface area contributed by atoms with Crippen molar-refractivity contribution >= 4 is 5.91 Å². The van der Waals surface area contributed by atoms with Gasteiger partial charge in [0.15, 0.2) is 0 Å². The molecular formula is C9H19FN2O. The van der Waals surface area contributed by atoms with Gasteiger partial charge < -0.3 is 10.6 Å². The highest BCUT2D eigenvalue weighted by atomic mass is 19.1. The summed E-state index contributed by atoms with van der Waals surface area (Å²) in [5.74, 6) is -0.0497. The van der Waals surface area contributed by atoms with Gasteiger partial charge in [0.2, 0.25) is 5.91 Å². The molecule has 0 aliphatic rings. The van der Waals surface area contributed by atoms with Crippen LogP contribution in [-0.4, -0.2) is 31.2 Å². The Morgan fingerprint density at radius 1 is 1.38 bits per heavy atom. The Labute approximate surface area is 79.1 Å². The van der Waals surface area contributed by atoms with Crippen molar-refractivity contribution in [3.8, 4) is 0 Å². The van der Waals surface area contributed by atoms with Crippen LogP contribution in [0.5, 0.6) is 0 Å². The molecule has 0 heterocycles. The second-order valence-corrected chi connectivity index (χ2v) is 4.02. The van der Waals surface area contributed by atoms with Crippen LogP contribution in [0.25, 0.3) is 0 Å². The lowest BCUT2D eigenvalue weighted by Gasteiger charge is -2.20. The van der Waals surface area contributed by atoms with Crippen molar-refractivity contribution in [2.75, 3.05) is 19.8 Å². The monoisotopic (exact) mass is 190 g/mol. The third kappa shape index (κ3) is 9.27. The van der Waals surface area contributed by atoms with E-state index in [1.807, 2.05) is 20.8 Å². The predicted molar refractivity (Wildman–Crippen MR) is 51.4 cm³/mol. The van der Waals surface area contributed by atoms with Crippen molar-refractivity contribution in [2.24, 2.45) is 0 Å². The van der Waals surface area contributed by atoms with Crippen LogP contribution in [0.3, 0.4) is 0 Å². The number of rotatable bonds is 5. The van der Waals surface area contributed by atoms with Gasteiger partial charge in [-0.2, -0.15) is 0 Å². The summed E-state index contributed by atoms with van der Waals surface area (Å²) in [5, 5.41) is 5.66. The van der Waals surface area contributed by atoms with Crippen LogP contribution in [0, 0.1) is 0 Å². The lowest BCUT2D eigenvalue weighted by atomic mass is 10.1. The molecule has 0 unspecified atom stereocenters. The molecule has 0 aliphatic carbocycles. The first-order valence-electron chi connectivity index (χ1n) is 4.53. The van der Waals surface area contributed by atoms with Crippen molar-refractivity contribution in [3.05, 3.63) is 0 Å². The molecule has 0 spiro atoms. The first-order chi connectivity index (χ1) is 5.95. The predicted octanol–water partition coefficient (Wildman–Crippen LogP) is 0.850. The molecule has 0 radical (unpaired) electrons. The summed E-state index contributed by atoms with van der Waals surface area (Å²) >= 11 is 0. The molecule has 13 heavy (non-hydrogen) atoms. The van der Waals surface area contributed by atoms with E-state index in [1.165, 1.54) is 0 Å². The Hall–Kier alpha value is -0.640. The van der Waals surface area contributed by atoms with Crippen molar-refractivity contribution in [2.45, 2.75) is 32.7 Å². The minimum atomic E-state index is -0.339. The number of carbonyl (C=O) groups is 1. The SMILES string of the molecule is CC(C)(C)NC(=O)CNCCCF. The minimum Gasteiger partial charge on any atom is -0.350 e. The van der Waals surface area contributed by atoms with Gasteiger partial charge in [-0.25, -0.2) is 0 Å². The normalized spacial score (nSPS) is 11.4. The second-order valence-electron chi connectivity index (χ2n) is 4.02. The molecule has 0 saturated heterocycles. The van der Waals surface area contributed by atoms with Crippen molar-refractivity contribution < 1.29 is 9.18 Å². The molecule has 3 nitrogen and oxygen atoms in total. The van der Waals surface area contributed by atoms with E-state index >= 15 is 0 Å². The average molecular weight is 190 g/mol. The van der Waals surface area contributed by atoms with Crippen LogP contribution in [0.4, 0.5) is 4.39 Å². The van der Waals surface area contributed by atoms with Gasteiger partial charge >= 0.3 is 0 Å². The quantitative estimate of drug-likeness (QED) is 0.631. The number of alkyl halides is 1. The number of nitrogens with one attached hydrogen (secondary N) is 2. The van der Waals surface area contributed by atoms with E-state index in [0.717, 1.165) is 0 Å². The molecule has 0 rings (SSSR count). The highest BCUT2D eigenvalue weighted by Gasteiger charge is 2.12. The molecule has 78 valence electrons. The van der Waals surface area contributed by atoms with Crippen LogP contribution < -0.4 is 10.6 Å². The maximum absolute atomic E-state index is 11.6. The summed E-state index contributed by atoms with van der Waals surface area (Å²) in [4.78, 5) is 11.2. The first-order valence-corrected chi connectivity index (χ1v) is 4.53. The summed E-state index contributed by atoms with van der Waals surface area (Å²) in [6, 6.07) is 0.